The first-order valence-electron chi connectivity index (χ1n) is 8.89. The largest absolute Gasteiger partial charge is 0.493 e. The van der Waals surface area contributed by atoms with Gasteiger partial charge in [0, 0.05) is 12.6 Å². The molecule has 0 unspecified atom stereocenters. The number of thioether (sulfide) groups is 1. The average molecular weight is 412 g/mol. The van der Waals surface area contributed by atoms with Crippen molar-refractivity contribution in [2.45, 2.75) is 13.8 Å². The van der Waals surface area contributed by atoms with Crippen LogP contribution in [-0.4, -0.2) is 30.8 Å². The van der Waals surface area contributed by atoms with Crippen molar-refractivity contribution in [3.05, 3.63) is 52.9 Å². The molecule has 8 heteroatoms. The Bertz CT molecular complexity index is 985. The molecule has 2 aromatic carbocycles. The van der Waals surface area contributed by atoms with Crippen LogP contribution in [0.5, 0.6) is 11.5 Å². The predicted octanol–water partition coefficient (Wildman–Crippen LogP) is 4.29. The van der Waals surface area contributed by atoms with E-state index in [4.69, 9.17) is 9.47 Å². The molecular weight excluding hydrogens is 392 g/mol. The Hall–Kier alpha value is -3.26. The molecule has 0 atom stereocenters. The van der Waals surface area contributed by atoms with E-state index in [9.17, 15) is 14.4 Å². The zero-order chi connectivity index (χ0) is 21.0. The second-order valence-corrected chi connectivity index (χ2v) is 7.08. The summed E-state index contributed by atoms with van der Waals surface area (Å²) in [6.07, 6.45) is 1.65. The lowest BCUT2D eigenvalue weighted by molar-refractivity contribution is -0.114. The minimum Gasteiger partial charge on any atom is -0.493 e. The molecule has 0 aliphatic carbocycles. The lowest BCUT2D eigenvalue weighted by atomic mass is 10.1. The molecule has 1 fully saturated rings. The van der Waals surface area contributed by atoms with E-state index in [1.165, 1.54) is 6.92 Å². The number of imide groups is 1. The molecule has 1 N–H and O–H groups in total. The summed E-state index contributed by atoms with van der Waals surface area (Å²) in [4.78, 5) is 37.8. The van der Waals surface area contributed by atoms with Crippen LogP contribution in [0.25, 0.3) is 6.08 Å². The summed E-state index contributed by atoms with van der Waals surface area (Å²) in [6, 6.07) is 11.8. The van der Waals surface area contributed by atoms with Crippen LogP contribution >= 0.6 is 11.8 Å². The maximum atomic E-state index is 12.8. The number of benzene rings is 2. The lowest BCUT2D eigenvalue weighted by Gasteiger charge is -2.13. The summed E-state index contributed by atoms with van der Waals surface area (Å²) in [5.74, 6) is 0.561. The number of amides is 3. The van der Waals surface area contributed by atoms with Gasteiger partial charge >= 0.3 is 0 Å². The molecule has 1 aliphatic heterocycles. The summed E-state index contributed by atoms with van der Waals surface area (Å²) in [7, 11) is 1.54. The summed E-state index contributed by atoms with van der Waals surface area (Å²) < 4.78 is 10.8. The van der Waals surface area contributed by atoms with E-state index >= 15 is 0 Å². The molecule has 0 saturated carbocycles. The number of carbonyl (C=O) groups excluding carboxylic acids is 3. The first kappa shape index (κ1) is 20.5. The van der Waals surface area contributed by atoms with Crippen LogP contribution in [-0.2, 0) is 9.59 Å². The molecule has 7 nitrogen and oxygen atoms in total. The van der Waals surface area contributed by atoms with Gasteiger partial charge in [0.25, 0.3) is 11.1 Å². The standard InChI is InChI=1S/C21H20N2O5S/c1-4-28-17-10-5-14(11-18(17)27-3)12-19-20(25)23(21(26)29-19)16-8-6-15(7-9-16)22-13(2)24/h5-12H,4H2,1-3H3,(H,22,24)/b19-12-. The number of anilines is 2. The van der Waals surface area contributed by atoms with E-state index in [0.29, 0.717) is 34.4 Å². The van der Waals surface area contributed by atoms with Gasteiger partial charge in [-0.2, -0.15) is 0 Å². The summed E-state index contributed by atoms with van der Waals surface area (Å²) in [5.41, 5.74) is 1.75. The Balaban J connectivity index is 1.84. The Morgan fingerprint density at radius 3 is 2.48 bits per heavy atom. The first-order valence-corrected chi connectivity index (χ1v) is 9.71. The first-order chi connectivity index (χ1) is 13.9. The normalized spacial score (nSPS) is 15.0. The molecular formula is C21H20N2O5S. The van der Waals surface area contributed by atoms with E-state index in [-0.39, 0.29) is 11.1 Å². The zero-order valence-electron chi connectivity index (χ0n) is 16.2. The van der Waals surface area contributed by atoms with Crippen LogP contribution in [0, 0.1) is 0 Å². The van der Waals surface area contributed by atoms with Crippen molar-refractivity contribution < 1.29 is 23.9 Å². The summed E-state index contributed by atoms with van der Waals surface area (Å²) >= 11 is 0.871. The molecule has 0 spiro atoms. The average Bonchev–Trinajstić information content (AvgIpc) is 2.96. The molecule has 2 aromatic rings. The van der Waals surface area contributed by atoms with E-state index < -0.39 is 5.91 Å². The molecule has 1 saturated heterocycles. The van der Waals surface area contributed by atoms with Crippen molar-refractivity contribution in [1.29, 1.82) is 0 Å². The number of methoxy groups -OCH3 is 1. The van der Waals surface area contributed by atoms with Crippen LogP contribution in [0.2, 0.25) is 0 Å². The second kappa shape index (κ2) is 8.83. The lowest BCUT2D eigenvalue weighted by Crippen LogP contribution is -2.27. The minimum absolute atomic E-state index is 0.197. The highest BCUT2D eigenvalue weighted by atomic mass is 32.2. The maximum Gasteiger partial charge on any atom is 0.298 e. The summed E-state index contributed by atoms with van der Waals surface area (Å²) in [6.45, 7) is 3.80. The van der Waals surface area contributed by atoms with Gasteiger partial charge in [-0.3, -0.25) is 14.4 Å². The van der Waals surface area contributed by atoms with Crippen molar-refractivity contribution in [1.82, 2.24) is 0 Å². The maximum absolute atomic E-state index is 12.8. The zero-order valence-corrected chi connectivity index (χ0v) is 17.0. The van der Waals surface area contributed by atoms with Crippen LogP contribution in [0.4, 0.5) is 16.2 Å². The quantitative estimate of drug-likeness (QED) is 0.713. The molecule has 0 bridgehead atoms. The summed E-state index contributed by atoms with van der Waals surface area (Å²) in [5, 5.41) is 2.26. The predicted molar refractivity (Wildman–Crippen MR) is 113 cm³/mol. The number of hydrogen-bond acceptors (Lipinski definition) is 6. The van der Waals surface area contributed by atoms with Gasteiger partial charge in [0.15, 0.2) is 11.5 Å². The van der Waals surface area contributed by atoms with E-state index in [1.807, 2.05) is 6.92 Å². The van der Waals surface area contributed by atoms with E-state index in [0.717, 1.165) is 22.2 Å². The van der Waals surface area contributed by atoms with Gasteiger partial charge in [-0.25, -0.2) is 4.90 Å². The van der Waals surface area contributed by atoms with Gasteiger partial charge < -0.3 is 14.8 Å². The molecule has 0 radical (unpaired) electrons. The number of hydrogen-bond donors (Lipinski definition) is 1. The molecule has 3 rings (SSSR count). The molecule has 150 valence electrons. The van der Waals surface area contributed by atoms with Crippen molar-refractivity contribution >= 4 is 46.3 Å². The van der Waals surface area contributed by atoms with Gasteiger partial charge in [-0.1, -0.05) is 6.07 Å². The molecule has 3 amide bonds. The molecule has 29 heavy (non-hydrogen) atoms. The number of nitrogens with zero attached hydrogens (tertiary/aromatic N) is 1. The van der Waals surface area contributed by atoms with Gasteiger partial charge in [-0.15, -0.1) is 0 Å². The fourth-order valence-corrected chi connectivity index (χ4v) is 3.63. The van der Waals surface area contributed by atoms with Crippen molar-refractivity contribution in [3.8, 4) is 11.5 Å². The monoisotopic (exact) mass is 412 g/mol. The molecule has 0 aromatic heterocycles. The fraction of sp³-hybridized carbons (Fsp3) is 0.190. The topological polar surface area (TPSA) is 84.9 Å². The number of carbonyl (C=O) groups is 3. The Morgan fingerprint density at radius 1 is 1.14 bits per heavy atom. The van der Waals surface area contributed by atoms with E-state index in [2.05, 4.69) is 5.32 Å². The van der Waals surface area contributed by atoms with Gasteiger partial charge in [0.2, 0.25) is 5.91 Å². The van der Waals surface area contributed by atoms with Crippen LogP contribution in [0.15, 0.2) is 47.4 Å². The Morgan fingerprint density at radius 2 is 1.86 bits per heavy atom. The third-order valence-electron chi connectivity index (χ3n) is 4.02. The SMILES string of the molecule is CCOc1ccc(/C=C2\SC(=O)N(c3ccc(NC(C)=O)cc3)C2=O)cc1OC. The number of rotatable bonds is 6. The smallest absolute Gasteiger partial charge is 0.298 e. The second-order valence-electron chi connectivity index (χ2n) is 6.09. The number of nitrogens with one attached hydrogen (secondary N) is 1. The highest BCUT2D eigenvalue weighted by molar-refractivity contribution is 8.19. The molecule has 1 aliphatic rings. The highest BCUT2D eigenvalue weighted by Gasteiger charge is 2.36. The van der Waals surface area contributed by atoms with Crippen molar-refractivity contribution in [3.63, 3.8) is 0 Å². The van der Waals surface area contributed by atoms with Gasteiger partial charge in [-0.05, 0) is 66.7 Å². The third kappa shape index (κ3) is 4.60. The van der Waals surface area contributed by atoms with E-state index in [1.54, 1.807) is 55.7 Å². The van der Waals surface area contributed by atoms with Crippen LogP contribution < -0.4 is 19.7 Å². The van der Waals surface area contributed by atoms with Crippen molar-refractivity contribution in [2.75, 3.05) is 23.9 Å². The fourth-order valence-electron chi connectivity index (χ4n) is 2.79. The minimum atomic E-state index is -0.403. The van der Waals surface area contributed by atoms with Crippen LogP contribution in [0.1, 0.15) is 19.4 Å². The third-order valence-corrected chi connectivity index (χ3v) is 4.89. The van der Waals surface area contributed by atoms with Crippen molar-refractivity contribution in [2.24, 2.45) is 0 Å². The Kier molecular flexibility index (Phi) is 6.23. The number of ether oxygens (including phenoxy) is 2. The van der Waals surface area contributed by atoms with Crippen LogP contribution in [0.3, 0.4) is 0 Å². The highest BCUT2D eigenvalue weighted by Crippen LogP contribution is 2.37. The Labute approximate surface area is 172 Å². The van der Waals surface area contributed by atoms with Gasteiger partial charge in [0.05, 0.1) is 24.3 Å². The van der Waals surface area contributed by atoms with Gasteiger partial charge in [0.1, 0.15) is 0 Å². The molecule has 1 heterocycles.